The third-order valence-electron chi connectivity index (χ3n) is 6.23. The number of rotatable bonds is 13. The van der Waals surface area contributed by atoms with E-state index in [9.17, 15) is 27.6 Å². The maximum atomic E-state index is 13.0. The lowest BCUT2D eigenvalue weighted by Gasteiger charge is -2.31. The first-order chi connectivity index (χ1) is 17.8. The molecule has 0 atom stereocenters. The van der Waals surface area contributed by atoms with Crippen molar-refractivity contribution in [3.63, 3.8) is 0 Å². The van der Waals surface area contributed by atoms with Crippen molar-refractivity contribution in [1.29, 1.82) is 0 Å². The van der Waals surface area contributed by atoms with Gasteiger partial charge in [0.25, 0.3) is 0 Å². The van der Waals surface area contributed by atoms with Gasteiger partial charge in [-0.15, -0.1) is 0 Å². The average Bonchev–Trinajstić information content (AvgIpc) is 2.87. The van der Waals surface area contributed by atoms with Gasteiger partial charge in [0.1, 0.15) is 28.2 Å². The predicted octanol–water partition coefficient (Wildman–Crippen LogP) is 3.98. The van der Waals surface area contributed by atoms with E-state index in [-0.39, 0.29) is 24.3 Å². The minimum absolute atomic E-state index is 0.0902. The summed E-state index contributed by atoms with van der Waals surface area (Å²) in [5, 5.41) is 1.61. The SMILES string of the molecule is CCC(CC)(C(=O)Nc1cc(CS(=O)(=O)C=Cc2c(OC)cc(OC)cc2OC)ccc1OC)P(=O)(O)O. The molecular formula is C25H34NO10PS. The fourth-order valence-corrected chi connectivity index (χ4v) is 6.17. The van der Waals surface area contributed by atoms with Crippen LogP contribution >= 0.6 is 7.60 Å². The van der Waals surface area contributed by atoms with Crippen molar-refractivity contribution in [2.24, 2.45) is 0 Å². The summed E-state index contributed by atoms with van der Waals surface area (Å²) in [7, 11) is -2.93. The lowest BCUT2D eigenvalue weighted by Crippen LogP contribution is -2.41. The lowest BCUT2D eigenvalue weighted by molar-refractivity contribution is -0.119. The number of ether oxygens (including phenoxy) is 4. The van der Waals surface area contributed by atoms with Crippen LogP contribution in [0.3, 0.4) is 0 Å². The molecule has 2 aromatic rings. The molecule has 11 nitrogen and oxygen atoms in total. The monoisotopic (exact) mass is 571 g/mol. The first kappa shape index (κ1) is 31.2. The zero-order valence-corrected chi connectivity index (χ0v) is 23.9. The van der Waals surface area contributed by atoms with Gasteiger partial charge in [0, 0.05) is 17.5 Å². The molecule has 2 rings (SSSR count). The molecule has 0 bridgehead atoms. The van der Waals surface area contributed by atoms with Crippen LogP contribution < -0.4 is 24.3 Å². The van der Waals surface area contributed by atoms with E-state index in [4.69, 9.17) is 18.9 Å². The maximum absolute atomic E-state index is 13.0. The second-order valence-electron chi connectivity index (χ2n) is 8.33. The van der Waals surface area contributed by atoms with Gasteiger partial charge in [0.05, 0.1) is 45.4 Å². The molecule has 0 aliphatic heterocycles. The van der Waals surface area contributed by atoms with Gasteiger partial charge in [-0.1, -0.05) is 19.9 Å². The van der Waals surface area contributed by atoms with Crippen molar-refractivity contribution in [2.45, 2.75) is 37.6 Å². The molecule has 38 heavy (non-hydrogen) atoms. The van der Waals surface area contributed by atoms with Crippen LogP contribution in [-0.4, -0.2) is 57.7 Å². The van der Waals surface area contributed by atoms with Crippen molar-refractivity contribution in [1.82, 2.24) is 0 Å². The van der Waals surface area contributed by atoms with Gasteiger partial charge in [-0.2, -0.15) is 0 Å². The molecule has 0 unspecified atom stereocenters. The molecule has 0 aromatic heterocycles. The molecule has 0 aliphatic carbocycles. The van der Waals surface area contributed by atoms with Crippen LogP contribution in [0.2, 0.25) is 0 Å². The second-order valence-corrected chi connectivity index (χ2v) is 12.2. The Morgan fingerprint density at radius 3 is 1.95 bits per heavy atom. The summed E-state index contributed by atoms with van der Waals surface area (Å²) in [4.78, 5) is 32.8. The minimum atomic E-state index is -4.81. The van der Waals surface area contributed by atoms with Crippen molar-refractivity contribution >= 4 is 35.1 Å². The van der Waals surface area contributed by atoms with Gasteiger partial charge in [0.15, 0.2) is 9.84 Å². The van der Waals surface area contributed by atoms with Gasteiger partial charge >= 0.3 is 7.60 Å². The fourth-order valence-electron chi connectivity index (χ4n) is 3.95. The molecule has 3 N–H and O–H groups in total. The Bertz CT molecular complexity index is 1300. The minimum Gasteiger partial charge on any atom is -0.496 e. The first-order valence-electron chi connectivity index (χ1n) is 11.6. The fraction of sp³-hybridized carbons (Fsp3) is 0.400. The Balaban J connectivity index is 2.40. The summed E-state index contributed by atoms with van der Waals surface area (Å²) in [6, 6.07) is 7.57. The van der Waals surface area contributed by atoms with Crippen molar-refractivity contribution in [2.75, 3.05) is 33.8 Å². The Kier molecular flexibility index (Phi) is 10.4. The van der Waals surface area contributed by atoms with Gasteiger partial charge in [-0.05, 0) is 36.6 Å². The molecule has 1 amide bonds. The Morgan fingerprint density at radius 1 is 0.947 bits per heavy atom. The number of hydrogen-bond donors (Lipinski definition) is 3. The summed E-state index contributed by atoms with van der Waals surface area (Å²) < 4.78 is 59.2. The van der Waals surface area contributed by atoms with E-state index in [1.807, 2.05) is 0 Å². The van der Waals surface area contributed by atoms with E-state index in [2.05, 4.69) is 5.32 Å². The van der Waals surface area contributed by atoms with Crippen LogP contribution in [0.5, 0.6) is 23.0 Å². The molecule has 0 radical (unpaired) electrons. The molecule has 0 saturated carbocycles. The molecule has 0 fully saturated rings. The van der Waals surface area contributed by atoms with E-state index < -0.39 is 34.2 Å². The third-order valence-corrected chi connectivity index (χ3v) is 9.46. The van der Waals surface area contributed by atoms with E-state index in [0.717, 1.165) is 5.41 Å². The number of sulfone groups is 1. The molecular weight excluding hydrogens is 537 g/mol. The zero-order chi connectivity index (χ0) is 28.7. The van der Waals surface area contributed by atoms with Crippen molar-refractivity contribution < 1.29 is 46.5 Å². The summed E-state index contributed by atoms with van der Waals surface area (Å²) in [5.41, 5.74) is 0.802. The summed E-state index contributed by atoms with van der Waals surface area (Å²) >= 11 is 0. The van der Waals surface area contributed by atoms with E-state index in [1.54, 1.807) is 12.1 Å². The highest BCUT2D eigenvalue weighted by Crippen LogP contribution is 2.55. The van der Waals surface area contributed by atoms with Crippen LogP contribution in [0.25, 0.3) is 6.08 Å². The second kappa shape index (κ2) is 12.7. The number of benzene rings is 2. The highest BCUT2D eigenvalue weighted by atomic mass is 32.2. The molecule has 0 heterocycles. The average molecular weight is 572 g/mol. The lowest BCUT2D eigenvalue weighted by atomic mass is 10.0. The van der Waals surface area contributed by atoms with Gasteiger partial charge in [-0.3, -0.25) is 9.36 Å². The summed E-state index contributed by atoms with van der Waals surface area (Å²) in [6.07, 6.45) is 1.16. The Hall–Kier alpha value is -3.05. The largest absolute Gasteiger partial charge is 0.496 e. The van der Waals surface area contributed by atoms with Gasteiger partial charge in [-0.25, -0.2) is 8.42 Å². The highest BCUT2D eigenvalue weighted by Gasteiger charge is 2.50. The van der Waals surface area contributed by atoms with E-state index >= 15 is 0 Å². The summed E-state index contributed by atoms with van der Waals surface area (Å²) in [5.74, 6) is 0.0650. The molecule has 210 valence electrons. The number of methoxy groups -OCH3 is 4. The highest BCUT2D eigenvalue weighted by molar-refractivity contribution is 7.93. The van der Waals surface area contributed by atoms with Gasteiger partial charge < -0.3 is 34.1 Å². The van der Waals surface area contributed by atoms with E-state index in [1.165, 1.54) is 66.6 Å². The topological polar surface area (TPSA) is 158 Å². The number of amides is 1. The predicted molar refractivity (Wildman–Crippen MR) is 145 cm³/mol. The van der Waals surface area contributed by atoms with Crippen LogP contribution in [0.4, 0.5) is 5.69 Å². The Morgan fingerprint density at radius 2 is 1.50 bits per heavy atom. The van der Waals surface area contributed by atoms with Crippen LogP contribution in [-0.2, 0) is 24.9 Å². The standard InChI is InChI=1S/C25H34NO10PS/c1-7-25(8-2,37(28,29)30)24(27)26-20-13-17(9-10-21(20)34-4)16-38(31,32)12-11-19-22(35-5)14-18(33-3)15-23(19)36-6/h9-15H,7-8,16H2,1-6H3,(H,26,27)(H2,28,29,30). The number of hydrogen-bond acceptors (Lipinski definition) is 8. The van der Waals surface area contributed by atoms with Crippen molar-refractivity contribution in [3.8, 4) is 23.0 Å². The number of carbonyl (C=O) groups excluding carboxylic acids is 1. The van der Waals surface area contributed by atoms with Crippen molar-refractivity contribution in [3.05, 3.63) is 46.9 Å². The van der Waals surface area contributed by atoms with Crippen LogP contribution in [0.15, 0.2) is 35.7 Å². The van der Waals surface area contributed by atoms with Gasteiger partial charge in [0.2, 0.25) is 5.91 Å². The zero-order valence-electron chi connectivity index (χ0n) is 22.2. The maximum Gasteiger partial charge on any atom is 0.341 e. The quantitative estimate of drug-likeness (QED) is 0.300. The number of anilines is 1. The molecule has 2 aromatic carbocycles. The van der Waals surface area contributed by atoms with Crippen LogP contribution in [0.1, 0.15) is 37.8 Å². The third kappa shape index (κ3) is 6.87. The van der Waals surface area contributed by atoms with Crippen LogP contribution in [0, 0.1) is 0 Å². The normalized spacial score (nSPS) is 12.3. The summed E-state index contributed by atoms with van der Waals surface area (Å²) in [6.45, 7) is 3.03. The molecule has 0 saturated heterocycles. The van der Waals surface area contributed by atoms with E-state index in [0.29, 0.717) is 28.4 Å². The molecule has 13 heteroatoms. The molecule has 0 spiro atoms. The molecule has 0 aliphatic rings. The smallest absolute Gasteiger partial charge is 0.341 e. The number of carbonyl (C=O) groups is 1. The number of nitrogens with one attached hydrogen (secondary N) is 1. The Labute approximate surface area is 222 Å². The first-order valence-corrected chi connectivity index (χ1v) is 14.9.